The standard InChI is InChI=1S/C28H28N4O4/c33-27(34)16-25(19-4-8-26-20(14-19)9-12-36-26)32-24-7-6-23(15-21(24)17-30-32)35-13-10-22-5-3-18-2-1-11-29-28(18)31-22/h3-8,14-15,17,25H,1-2,9-13,16H2,(H,29,31)(H,33,34). The quantitative estimate of drug-likeness (QED) is 0.382. The minimum absolute atomic E-state index is 0.0582. The number of rotatable bonds is 8. The molecule has 184 valence electrons. The van der Waals surface area contributed by atoms with Gasteiger partial charge < -0.3 is 19.9 Å². The molecule has 0 radical (unpaired) electrons. The molecule has 4 aromatic rings. The van der Waals surface area contributed by atoms with Gasteiger partial charge in [0.2, 0.25) is 0 Å². The molecule has 0 spiro atoms. The topological polar surface area (TPSA) is 98.5 Å². The number of carboxylic acids is 1. The molecule has 2 aliphatic rings. The van der Waals surface area contributed by atoms with Crippen LogP contribution in [0.15, 0.2) is 54.7 Å². The van der Waals surface area contributed by atoms with E-state index in [9.17, 15) is 9.90 Å². The third kappa shape index (κ3) is 4.46. The monoisotopic (exact) mass is 484 g/mol. The summed E-state index contributed by atoms with van der Waals surface area (Å²) in [7, 11) is 0. The first-order valence-corrected chi connectivity index (χ1v) is 12.4. The summed E-state index contributed by atoms with van der Waals surface area (Å²) < 4.78 is 13.4. The van der Waals surface area contributed by atoms with Crippen molar-refractivity contribution in [3.05, 3.63) is 77.1 Å². The molecular weight excluding hydrogens is 456 g/mol. The van der Waals surface area contributed by atoms with E-state index in [1.807, 2.05) is 36.4 Å². The maximum absolute atomic E-state index is 11.7. The van der Waals surface area contributed by atoms with Crippen molar-refractivity contribution in [3.63, 3.8) is 0 Å². The summed E-state index contributed by atoms with van der Waals surface area (Å²) in [6, 6.07) is 15.6. The van der Waals surface area contributed by atoms with Crippen molar-refractivity contribution in [2.24, 2.45) is 0 Å². The van der Waals surface area contributed by atoms with Crippen molar-refractivity contribution in [1.82, 2.24) is 14.8 Å². The number of pyridine rings is 1. The predicted octanol–water partition coefficient (Wildman–Crippen LogP) is 4.41. The van der Waals surface area contributed by atoms with Gasteiger partial charge in [0, 0.05) is 30.5 Å². The number of aliphatic carboxylic acids is 1. The number of aromatic nitrogens is 3. The summed E-state index contributed by atoms with van der Waals surface area (Å²) in [5, 5.41) is 18.5. The van der Waals surface area contributed by atoms with Crippen LogP contribution in [0.1, 0.15) is 41.3 Å². The van der Waals surface area contributed by atoms with E-state index in [0.29, 0.717) is 13.2 Å². The summed E-state index contributed by atoms with van der Waals surface area (Å²) in [4.78, 5) is 16.5. The molecule has 4 heterocycles. The first kappa shape index (κ1) is 22.4. The number of hydrogen-bond donors (Lipinski definition) is 2. The van der Waals surface area contributed by atoms with Crippen LogP contribution >= 0.6 is 0 Å². The molecule has 1 unspecified atom stereocenters. The molecule has 0 saturated heterocycles. The average molecular weight is 485 g/mol. The molecule has 0 bridgehead atoms. The first-order chi connectivity index (χ1) is 17.6. The van der Waals surface area contributed by atoms with Crippen molar-refractivity contribution in [3.8, 4) is 11.5 Å². The Kier molecular flexibility index (Phi) is 5.93. The highest BCUT2D eigenvalue weighted by Crippen LogP contribution is 2.33. The van der Waals surface area contributed by atoms with E-state index in [0.717, 1.165) is 77.3 Å². The van der Waals surface area contributed by atoms with Gasteiger partial charge in [-0.05, 0) is 65.9 Å². The van der Waals surface area contributed by atoms with Gasteiger partial charge in [-0.2, -0.15) is 5.10 Å². The lowest BCUT2D eigenvalue weighted by molar-refractivity contribution is -0.137. The molecule has 0 amide bonds. The number of hydrogen-bond acceptors (Lipinski definition) is 6. The molecule has 6 rings (SSSR count). The van der Waals surface area contributed by atoms with Gasteiger partial charge in [-0.3, -0.25) is 9.48 Å². The Balaban J connectivity index is 1.19. The van der Waals surface area contributed by atoms with Crippen LogP contribution in [0.4, 0.5) is 5.82 Å². The number of carboxylic acid groups (broad SMARTS) is 1. The van der Waals surface area contributed by atoms with Crippen molar-refractivity contribution >= 4 is 22.7 Å². The van der Waals surface area contributed by atoms with E-state index in [2.05, 4.69) is 22.5 Å². The number of carbonyl (C=O) groups is 1. The molecule has 0 saturated carbocycles. The van der Waals surface area contributed by atoms with Crippen LogP contribution in [0.5, 0.6) is 11.5 Å². The summed E-state index contributed by atoms with van der Waals surface area (Å²) in [5.74, 6) is 1.76. The third-order valence-electron chi connectivity index (χ3n) is 6.91. The predicted molar refractivity (Wildman–Crippen MR) is 136 cm³/mol. The molecule has 0 aliphatic carbocycles. The van der Waals surface area contributed by atoms with Gasteiger partial charge in [-0.1, -0.05) is 12.1 Å². The number of anilines is 1. The van der Waals surface area contributed by atoms with Crippen LogP contribution in [-0.4, -0.2) is 45.6 Å². The van der Waals surface area contributed by atoms with Gasteiger partial charge in [0.1, 0.15) is 17.3 Å². The zero-order valence-corrected chi connectivity index (χ0v) is 19.9. The smallest absolute Gasteiger partial charge is 0.305 e. The van der Waals surface area contributed by atoms with E-state index in [1.165, 1.54) is 5.56 Å². The normalized spacial score (nSPS) is 15.0. The summed E-state index contributed by atoms with van der Waals surface area (Å²) in [5.41, 5.74) is 5.18. The van der Waals surface area contributed by atoms with Gasteiger partial charge in [0.25, 0.3) is 0 Å². The molecule has 2 N–H and O–H groups in total. The SMILES string of the molecule is O=C(O)CC(c1ccc2c(c1)CCO2)n1ncc2cc(OCCc3ccc4c(n3)NCCC4)ccc21. The molecule has 8 heteroatoms. The van der Waals surface area contributed by atoms with Gasteiger partial charge >= 0.3 is 5.97 Å². The second-order valence-corrected chi connectivity index (χ2v) is 9.33. The number of ether oxygens (including phenoxy) is 2. The minimum atomic E-state index is -0.869. The summed E-state index contributed by atoms with van der Waals surface area (Å²) in [6.07, 6.45) is 5.49. The van der Waals surface area contributed by atoms with Gasteiger partial charge in [-0.25, -0.2) is 4.98 Å². The molecule has 2 aliphatic heterocycles. The molecule has 0 fully saturated rings. The molecule has 2 aromatic carbocycles. The van der Waals surface area contributed by atoms with Gasteiger partial charge in [-0.15, -0.1) is 0 Å². The number of nitrogens with one attached hydrogen (secondary N) is 1. The number of fused-ring (bicyclic) bond motifs is 3. The lowest BCUT2D eigenvalue weighted by atomic mass is 10.00. The van der Waals surface area contributed by atoms with E-state index in [1.54, 1.807) is 10.9 Å². The minimum Gasteiger partial charge on any atom is -0.493 e. The van der Waals surface area contributed by atoms with Crippen LogP contribution in [0.3, 0.4) is 0 Å². The van der Waals surface area contributed by atoms with Crippen molar-refractivity contribution in [2.45, 2.75) is 38.1 Å². The Morgan fingerprint density at radius 1 is 1.14 bits per heavy atom. The fourth-order valence-corrected chi connectivity index (χ4v) is 5.08. The van der Waals surface area contributed by atoms with Gasteiger partial charge in [0.15, 0.2) is 0 Å². The summed E-state index contributed by atoms with van der Waals surface area (Å²) in [6.45, 7) is 2.15. The van der Waals surface area contributed by atoms with Crippen LogP contribution in [0.2, 0.25) is 0 Å². The highest BCUT2D eigenvalue weighted by atomic mass is 16.5. The van der Waals surface area contributed by atoms with Crippen LogP contribution in [0.25, 0.3) is 10.9 Å². The van der Waals surface area contributed by atoms with Crippen LogP contribution < -0.4 is 14.8 Å². The average Bonchev–Trinajstić information content (AvgIpc) is 3.53. The van der Waals surface area contributed by atoms with E-state index >= 15 is 0 Å². The maximum atomic E-state index is 11.7. The van der Waals surface area contributed by atoms with Gasteiger partial charge in [0.05, 0.1) is 37.4 Å². The van der Waals surface area contributed by atoms with Crippen LogP contribution in [-0.2, 0) is 24.1 Å². The molecule has 2 aromatic heterocycles. The Hall–Kier alpha value is -4.07. The van der Waals surface area contributed by atoms with E-state index < -0.39 is 12.0 Å². The largest absolute Gasteiger partial charge is 0.493 e. The fourth-order valence-electron chi connectivity index (χ4n) is 5.08. The molecule has 1 atom stereocenters. The highest BCUT2D eigenvalue weighted by molar-refractivity contribution is 5.81. The van der Waals surface area contributed by atoms with Crippen molar-refractivity contribution < 1.29 is 19.4 Å². The zero-order valence-electron chi connectivity index (χ0n) is 19.9. The van der Waals surface area contributed by atoms with E-state index in [4.69, 9.17) is 14.5 Å². The maximum Gasteiger partial charge on any atom is 0.305 e. The second-order valence-electron chi connectivity index (χ2n) is 9.33. The van der Waals surface area contributed by atoms with Crippen LogP contribution in [0, 0.1) is 0 Å². The Labute approximate surface area is 208 Å². The fraction of sp³-hybridized carbons (Fsp3) is 0.321. The highest BCUT2D eigenvalue weighted by Gasteiger charge is 2.23. The third-order valence-corrected chi connectivity index (χ3v) is 6.91. The summed E-state index contributed by atoms with van der Waals surface area (Å²) >= 11 is 0. The molecule has 8 nitrogen and oxygen atoms in total. The molecule has 36 heavy (non-hydrogen) atoms. The Bertz CT molecular complexity index is 1430. The first-order valence-electron chi connectivity index (χ1n) is 12.4. The van der Waals surface area contributed by atoms with Crippen molar-refractivity contribution in [1.29, 1.82) is 0 Å². The number of benzene rings is 2. The Morgan fingerprint density at radius 3 is 3.00 bits per heavy atom. The van der Waals surface area contributed by atoms with Crippen molar-refractivity contribution in [2.75, 3.05) is 25.1 Å². The van der Waals surface area contributed by atoms with E-state index in [-0.39, 0.29) is 6.42 Å². The Morgan fingerprint density at radius 2 is 2.08 bits per heavy atom. The number of aryl methyl sites for hydroxylation is 1. The zero-order chi connectivity index (χ0) is 24.5. The molecular formula is C28H28N4O4. The lowest BCUT2D eigenvalue weighted by Gasteiger charge is -2.18. The lowest BCUT2D eigenvalue weighted by Crippen LogP contribution is -2.16. The number of nitrogens with zero attached hydrogens (tertiary/aromatic N) is 3. The second kappa shape index (κ2) is 9.53.